The largest absolute Gasteiger partial charge is 0.394 e. The van der Waals surface area contributed by atoms with Crippen LogP contribution in [0.15, 0.2) is 54.7 Å². The fourth-order valence-electron chi connectivity index (χ4n) is 4.33. The lowest BCUT2D eigenvalue weighted by Crippen LogP contribution is -2.65. The molecule has 1 N–H and O–H groups in total. The zero-order valence-electron chi connectivity index (χ0n) is 15.7. The van der Waals surface area contributed by atoms with Crippen LogP contribution in [0.3, 0.4) is 0 Å². The van der Waals surface area contributed by atoms with Gasteiger partial charge in [0.2, 0.25) is 0 Å². The van der Waals surface area contributed by atoms with Crippen LogP contribution < -0.4 is 0 Å². The molecule has 2 aliphatic rings. The molecule has 4 rings (SSSR count). The number of benzene rings is 1. The van der Waals surface area contributed by atoms with E-state index in [1.807, 2.05) is 12.1 Å². The quantitative estimate of drug-likeness (QED) is 0.889. The Morgan fingerprint density at radius 3 is 2.64 bits per heavy atom. The topological polar surface area (TPSA) is 77.2 Å². The number of carbonyl (C=O) groups is 1. The number of amides is 1. The molecule has 0 unspecified atom stereocenters. The zero-order valence-corrected chi connectivity index (χ0v) is 15.7. The van der Waals surface area contributed by atoms with Gasteiger partial charge in [0.15, 0.2) is 0 Å². The molecule has 1 saturated heterocycles. The highest BCUT2D eigenvalue weighted by Gasteiger charge is 2.52. The molecular formula is C23H23N3O2. The summed E-state index contributed by atoms with van der Waals surface area (Å²) in [4.78, 5) is 18.4. The van der Waals surface area contributed by atoms with Gasteiger partial charge in [-0.05, 0) is 54.5 Å². The Bertz CT molecular complexity index is 915. The first-order chi connectivity index (χ1) is 13.7. The summed E-state index contributed by atoms with van der Waals surface area (Å²) in [6, 6.07) is 14.6. The van der Waals surface area contributed by atoms with Crippen molar-refractivity contribution in [3.63, 3.8) is 0 Å². The van der Waals surface area contributed by atoms with E-state index < -0.39 is 12.1 Å². The normalized spacial score (nSPS) is 24.1. The Balaban J connectivity index is 1.57. The summed E-state index contributed by atoms with van der Waals surface area (Å²) >= 11 is 0. The van der Waals surface area contributed by atoms with Crippen molar-refractivity contribution in [2.45, 2.75) is 43.7 Å². The predicted molar refractivity (Wildman–Crippen MR) is 106 cm³/mol. The molecule has 1 aliphatic heterocycles. The first-order valence-corrected chi connectivity index (χ1v) is 9.78. The third-order valence-corrected chi connectivity index (χ3v) is 5.81. The molecule has 1 fully saturated rings. The first-order valence-electron chi connectivity index (χ1n) is 9.78. The predicted octanol–water partition coefficient (Wildman–Crippen LogP) is 3.53. The highest BCUT2D eigenvalue weighted by Crippen LogP contribution is 2.41. The van der Waals surface area contributed by atoms with E-state index in [-0.39, 0.29) is 18.4 Å². The van der Waals surface area contributed by atoms with Gasteiger partial charge in [0.05, 0.1) is 18.7 Å². The van der Waals surface area contributed by atoms with Crippen LogP contribution in [-0.2, 0) is 0 Å². The number of aliphatic hydroxyl groups excluding tert-OH is 1. The Morgan fingerprint density at radius 2 is 2.04 bits per heavy atom. The van der Waals surface area contributed by atoms with Gasteiger partial charge in [-0.25, -0.2) is 0 Å². The van der Waals surface area contributed by atoms with E-state index in [9.17, 15) is 15.2 Å². The first kappa shape index (κ1) is 18.4. The number of rotatable bonds is 4. The third-order valence-electron chi connectivity index (χ3n) is 5.81. The van der Waals surface area contributed by atoms with Crippen LogP contribution in [0.4, 0.5) is 0 Å². The number of likely N-dealkylation sites (tertiary alicyclic amines) is 1. The van der Waals surface area contributed by atoms with Crippen LogP contribution in [0.2, 0.25) is 0 Å². The van der Waals surface area contributed by atoms with Crippen LogP contribution in [0.5, 0.6) is 0 Å². The molecule has 142 valence electrons. The van der Waals surface area contributed by atoms with Crippen molar-refractivity contribution >= 4 is 11.5 Å². The van der Waals surface area contributed by atoms with Gasteiger partial charge in [0, 0.05) is 12.1 Å². The second-order valence-corrected chi connectivity index (χ2v) is 7.37. The minimum Gasteiger partial charge on any atom is -0.394 e. The van der Waals surface area contributed by atoms with E-state index in [0.717, 1.165) is 18.4 Å². The van der Waals surface area contributed by atoms with Crippen molar-refractivity contribution in [2.24, 2.45) is 0 Å². The molecule has 2 aromatic rings. The minimum absolute atomic E-state index is 0.186. The molecule has 1 aromatic heterocycles. The van der Waals surface area contributed by atoms with Gasteiger partial charge < -0.3 is 10.0 Å². The van der Waals surface area contributed by atoms with Crippen LogP contribution in [0.1, 0.15) is 53.2 Å². The fraction of sp³-hybridized carbons (Fsp3) is 0.348. The Labute approximate surface area is 164 Å². The summed E-state index contributed by atoms with van der Waals surface area (Å²) in [5.74, 6) is -0.511. The van der Waals surface area contributed by atoms with Crippen LogP contribution >= 0.6 is 0 Å². The van der Waals surface area contributed by atoms with Crippen molar-refractivity contribution in [1.29, 1.82) is 5.26 Å². The van der Waals surface area contributed by atoms with E-state index in [0.29, 0.717) is 5.69 Å². The van der Waals surface area contributed by atoms with Gasteiger partial charge in [-0.15, -0.1) is 0 Å². The van der Waals surface area contributed by atoms with E-state index in [4.69, 9.17) is 0 Å². The summed E-state index contributed by atoms with van der Waals surface area (Å²) in [6.07, 6.45) is 8.58. The van der Waals surface area contributed by atoms with Crippen LogP contribution in [-0.4, -0.2) is 39.6 Å². The molecule has 0 spiro atoms. The summed E-state index contributed by atoms with van der Waals surface area (Å²) in [6.45, 7) is -0.186. The number of allylic oxidation sites excluding steroid dienone is 2. The number of aromatic nitrogens is 1. The van der Waals surface area contributed by atoms with E-state index in [2.05, 4.69) is 29.3 Å². The summed E-state index contributed by atoms with van der Waals surface area (Å²) in [5.41, 5.74) is 3.88. The molecule has 2 heterocycles. The molecule has 1 aromatic carbocycles. The van der Waals surface area contributed by atoms with Crippen molar-refractivity contribution in [3.8, 4) is 6.07 Å². The molecule has 0 bridgehead atoms. The lowest BCUT2D eigenvalue weighted by Gasteiger charge is -2.51. The van der Waals surface area contributed by atoms with Gasteiger partial charge in [0.1, 0.15) is 11.7 Å². The van der Waals surface area contributed by atoms with Gasteiger partial charge in [-0.1, -0.05) is 36.4 Å². The maximum atomic E-state index is 12.8. The number of aliphatic hydroxyl groups is 1. The zero-order chi connectivity index (χ0) is 19.5. The molecule has 1 amide bonds. The molecule has 0 saturated carbocycles. The lowest BCUT2D eigenvalue weighted by atomic mass is 9.75. The number of nitriles is 1. The monoisotopic (exact) mass is 373 g/mol. The van der Waals surface area contributed by atoms with Gasteiger partial charge >= 0.3 is 0 Å². The van der Waals surface area contributed by atoms with Gasteiger partial charge in [0.25, 0.3) is 5.91 Å². The van der Waals surface area contributed by atoms with E-state index in [1.54, 1.807) is 24.4 Å². The molecule has 5 heteroatoms. The van der Waals surface area contributed by atoms with Crippen LogP contribution in [0.25, 0.3) is 5.57 Å². The number of hydrogen-bond donors (Lipinski definition) is 1. The van der Waals surface area contributed by atoms with Crippen LogP contribution in [0, 0.1) is 11.3 Å². The molecule has 0 radical (unpaired) electrons. The molecular weight excluding hydrogens is 350 g/mol. The smallest absolute Gasteiger partial charge is 0.273 e. The Hall–Kier alpha value is -2.97. The Morgan fingerprint density at radius 1 is 1.21 bits per heavy atom. The van der Waals surface area contributed by atoms with E-state index >= 15 is 0 Å². The van der Waals surface area contributed by atoms with Crippen molar-refractivity contribution in [2.75, 3.05) is 6.61 Å². The van der Waals surface area contributed by atoms with Gasteiger partial charge in [-0.3, -0.25) is 9.78 Å². The van der Waals surface area contributed by atoms with Crippen molar-refractivity contribution in [1.82, 2.24) is 9.88 Å². The maximum Gasteiger partial charge on any atom is 0.273 e. The Kier molecular flexibility index (Phi) is 5.23. The average molecular weight is 373 g/mol. The van der Waals surface area contributed by atoms with Crippen molar-refractivity contribution < 1.29 is 9.90 Å². The fourth-order valence-corrected chi connectivity index (χ4v) is 4.33. The molecule has 3 atom stereocenters. The number of nitrogens with zero attached hydrogens (tertiary/aromatic N) is 3. The van der Waals surface area contributed by atoms with Gasteiger partial charge in [-0.2, -0.15) is 5.26 Å². The molecule has 28 heavy (non-hydrogen) atoms. The summed E-state index contributed by atoms with van der Waals surface area (Å²) in [7, 11) is 0. The highest BCUT2D eigenvalue weighted by atomic mass is 16.3. The van der Waals surface area contributed by atoms with E-state index in [1.165, 1.54) is 28.9 Å². The summed E-state index contributed by atoms with van der Waals surface area (Å²) < 4.78 is 0. The van der Waals surface area contributed by atoms with Crippen molar-refractivity contribution in [3.05, 3.63) is 71.6 Å². The second kappa shape index (κ2) is 7.95. The average Bonchev–Trinajstić information content (AvgIpc) is 2.75. The highest BCUT2D eigenvalue weighted by molar-refractivity contribution is 5.94. The standard InChI is InChI=1S/C23H23N3O2/c24-14-20-22(18-11-9-17(10-12-18)16-6-2-1-3-7-16)21(15-27)26(20)23(28)19-8-4-5-13-25-19/h4-6,8-13,20-22,27H,1-3,7,15H2/t20-,21-,22+/m0/s1. The SMILES string of the molecule is N#C[C@H]1[C@@H](c2ccc(C3=CCCCC3)cc2)[C@H](CO)N1C(=O)c1ccccn1. The summed E-state index contributed by atoms with van der Waals surface area (Å²) in [5, 5.41) is 19.6. The number of pyridine rings is 1. The third kappa shape index (κ3) is 3.21. The minimum atomic E-state index is -0.605. The molecule has 5 nitrogen and oxygen atoms in total. The maximum absolute atomic E-state index is 12.8. The molecule has 1 aliphatic carbocycles. The second-order valence-electron chi connectivity index (χ2n) is 7.37. The lowest BCUT2D eigenvalue weighted by molar-refractivity contribution is -0.00629. The number of carbonyl (C=O) groups excluding carboxylic acids is 1. The number of hydrogen-bond acceptors (Lipinski definition) is 4.